The van der Waals surface area contributed by atoms with Crippen LogP contribution in [0, 0.1) is 23.3 Å². The fourth-order valence-corrected chi connectivity index (χ4v) is 5.21. The molecule has 0 spiro atoms. The second-order valence-corrected chi connectivity index (χ2v) is 11.1. The molecule has 0 atom stereocenters. The summed E-state index contributed by atoms with van der Waals surface area (Å²) in [5.41, 5.74) is 4.41. The van der Waals surface area contributed by atoms with Gasteiger partial charge in [0, 0.05) is 33.5 Å². The molecule has 0 bridgehead atoms. The molecule has 0 aromatic heterocycles. The van der Waals surface area contributed by atoms with Gasteiger partial charge in [-0.15, -0.1) is 11.8 Å². The maximum absolute atomic E-state index is 14.4. The number of sulfonamides is 1. The van der Waals surface area contributed by atoms with Gasteiger partial charge in [0.1, 0.15) is 5.82 Å². The van der Waals surface area contributed by atoms with Crippen LogP contribution < -0.4 is 15.8 Å². The van der Waals surface area contributed by atoms with Gasteiger partial charge in [-0.05, 0) is 43.9 Å². The Morgan fingerprint density at radius 3 is 2.18 bits per heavy atom. The number of nitrogens with two attached hydrogens (primary N) is 1. The van der Waals surface area contributed by atoms with Crippen LogP contribution in [0.4, 0.5) is 23.2 Å². The van der Waals surface area contributed by atoms with Gasteiger partial charge in [-0.2, -0.15) is 0 Å². The molecule has 2 aromatic rings. The van der Waals surface area contributed by atoms with Crippen LogP contribution in [0.25, 0.3) is 0 Å². The molecule has 2 aromatic carbocycles. The Balaban J connectivity index is 1.67. The van der Waals surface area contributed by atoms with Crippen molar-refractivity contribution in [3.05, 3.63) is 59.2 Å². The topological polar surface area (TPSA) is 118 Å². The zero-order valence-electron chi connectivity index (χ0n) is 17.8. The highest BCUT2D eigenvalue weighted by atomic mass is 32.2. The van der Waals surface area contributed by atoms with Crippen molar-refractivity contribution in [2.75, 3.05) is 11.6 Å². The van der Waals surface area contributed by atoms with Crippen LogP contribution in [0.3, 0.4) is 0 Å². The minimum absolute atomic E-state index is 0.00514. The first-order chi connectivity index (χ1) is 15.8. The van der Waals surface area contributed by atoms with Crippen LogP contribution in [0.1, 0.15) is 36.0 Å². The van der Waals surface area contributed by atoms with Gasteiger partial charge >= 0.3 is 0 Å². The first-order valence-electron chi connectivity index (χ1n) is 10.0. The summed E-state index contributed by atoms with van der Waals surface area (Å²) in [6.45, 7) is 0. The Kier molecular flexibility index (Phi) is 7.58. The van der Waals surface area contributed by atoms with E-state index >= 15 is 0 Å². The lowest BCUT2D eigenvalue weighted by atomic mass is 9.82. The third-order valence-corrected chi connectivity index (χ3v) is 7.21. The van der Waals surface area contributed by atoms with E-state index in [0.717, 1.165) is 24.1 Å². The van der Waals surface area contributed by atoms with Crippen LogP contribution in [-0.4, -0.2) is 37.3 Å². The summed E-state index contributed by atoms with van der Waals surface area (Å²) in [5.74, 6) is -6.78. The number of rotatable bonds is 6. The first kappa shape index (κ1) is 26.0. The predicted octanol–water partition coefficient (Wildman–Crippen LogP) is 3.30. The first-order valence-corrected chi connectivity index (χ1v) is 12.8. The molecule has 184 valence electrons. The van der Waals surface area contributed by atoms with E-state index in [-0.39, 0.29) is 34.2 Å². The average Bonchev–Trinajstić information content (AvgIpc) is 2.74. The molecule has 1 aliphatic rings. The van der Waals surface area contributed by atoms with Crippen molar-refractivity contribution in [3.8, 4) is 0 Å². The van der Waals surface area contributed by atoms with E-state index in [2.05, 4.69) is 5.32 Å². The van der Waals surface area contributed by atoms with Crippen LogP contribution in [-0.2, 0) is 14.8 Å². The molecule has 34 heavy (non-hydrogen) atoms. The van der Waals surface area contributed by atoms with E-state index in [0.29, 0.717) is 25.0 Å². The quantitative estimate of drug-likeness (QED) is 0.398. The molecule has 0 unspecified atom stereocenters. The molecule has 7 nitrogen and oxygen atoms in total. The second-order valence-electron chi connectivity index (χ2n) is 8.03. The Labute approximate surface area is 197 Å². The van der Waals surface area contributed by atoms with E-state index in [4.69, 9.17) is 5.73 Å². The summed E-state index contributed by atoms with van der Waals surface area (Å²) < 4.78 is 78.7. The number of nitrogens with one attached hydrogen (secondary N) is 2. The minimum Gasteiger partial charge on any atom is -0.322 e. The van der Waals surface area contributed by atoms with Crippen molar-refractivity contribution in [1.82, 2.24) is 4.72 Å². The van der Waals surface area contributed by atoms with E-state index in [9.17, 15) is 35.6 Å². The number of amides is 2. The van der Waals surface area contributed by atoms with Gasteiger partial charge in [0.2, 0.25) is 10.0 Å². The van der Waals surface area contributed by atoms with Gasteiger partial charge in [-0.25, -0.2) is 26.0 Å². The van der Waals surface area contributed by atoms with Crippen molar-refractivity contribution in [2.45, 2.75) is 41.4 Å². The maximum atomic E-state index is 14.4. The second kappa shape index (κ2) is 9.92. The van der Waals surface area contributed by atoms with Crippen LogP contribution in [0.5, 0.6) is 0 Å². The SMILES string of the molecule is CS(=O)(=O)NC(=O)C1(N)CCC(Sc2cc(C(=O)Nc3cc(F)c(F)c(F)c3)ccc2F)CC1. The van der Waals surface area contributed by atoms with Crippen LogP contribution in [0.2, 0.25) is 0 Å². The molecule has 4 N–H and O–H groups in total. The van der Waals surface area contributed by atoms with Gasteiger partial charge in [0.05, 0.1) is 11.8 Å². The summed E-state index contributed by atoms with van der Waals surface area (Å²) in [4.78, 5) is 24.8. The van der Waals surface area contributed by atoms with Gasteiger partial charge in [0.15, 0.2) is 17.5 Å². The number of anilines is 1. The summed E-state index contributed by atoms with van der Waals surface area (Å²) >= 11 is 1.13. The summed E-state index contributed by atoms with van der Waals surface area (Å²) in [6.07, 6.45) is 1.99. The number of carbonyl (C=O) groups is 2. The van der Waals surface area contributed by atoms with Gasteiger partial charge in [-0.1, -0.05) is 0 Å². The molecule has 0 heterocycles. The van der Waals surface area contributed by atoms with Crippen molar-refractivity contribution in [2.24, 2.45) is 5.73 Å². The number of hydrogen-bond acceptors (Lipinski definition) is 6. The zero-order chi connectivity index (χ0) is 25.3. The van der Waals surface area contributed by atoms with Crippen molar-refractivity contribution in [1.29, 1.82) is 0 Å². The third kappa shape index (κ3) is 6.27. The van der Waals surface area contributed by atoms with Crippen molar-refractivity contribution < 1.29 is 35.6 Å². The van der Waals surface area contributed by atoms with E-state index in [1.807, 2.05) is 4.72 Å². The fourth-order valence-electron chi connectivity index (χ4n) is 3.47. The normalized spacial score (nSPS) is 20.6. The Morgan fingerprint density at radius 2 is 1.62 bits per heavy atom. The Hall–Kier alpha value is -2.64. The van der Waals surface area contributed by atoms with Crippen molar-refractivity contribution >= 4 is 39.3 Å². The molecule has 1 aliphatic carbocycles. The number of carbonyl (C=O) groups excluding carboxylic acids is 2. The molecule has 0 saturated heterocycles. The lowest BCUT2D eigenvalue weighted by Crippen LogP contribution is -2.57. The lowest BCUT2D eigenvalue weighted by molar-refractivity contribution is -0.125. The smallest absolute Gasteiger partial charge is 0.255 e. The maximum Gasteiger partial charge on any atom is 0.255 e. The molecule has 0 aliphatic heterocycles. The zero-order valence-corrected chi connectivity index (χ0v) is 19.5. The number of hydrogen-bond donors (Lipinski definition) is 3. The standard InChI is InChI=1S/C21H21F4N3O4S2/c1-34(31,32)28-20(30)21(26)6-4-13(5-7-21)33-17-8-11(2-3-14(17)22)19(29)27-12-9-15(23)18(25)16(24)10-12/h2-3,8-10,13H,4-7,26H2,1H3,(H,27,29)(H,28,30). The molecule has 1 fully saturated rings. The number of benzene rings is 2. The fraction of sp³-hybridized carbons (Fsp3) is 0.333. The van der Waals surface area contributed by atoms with Crippen LogP contribution >= 0.6 is 11.8 Å². The molecular weight excluding hydrogens is 498 g/mol. The van der Waals surface area contributed by atoms with Gasteiger partial charge in [0.25, 0.3) is 11.8 Å². The van der Waals surface area contributed by atoms with E-state index in [1.54, 1.807) is 0 Å². The monoisotopic (exact) mass is 519 g/mol. The van der Waals surface area contributed by atoms with Gasteiger partial charge < -0.3 is 11.1 Å². The highest BCUT2D eigenvalue weighted by molar-refractivity contribution is 8.00. The summed E-state index contributed by atoms with van der Waals surface area (Å²) in [5, 5.41) is 2.08. The number of thioether (sulfide) groups is 1. The van der Waals surface area contributed by atoms with E-state index in [1.165, 1.54) is 12.1 Å². The average molecular weight is 520 g/mol. The molecule has 3 rings (SSSR count). The highest BCUT2D eigenvalue weighted by Crippen LogP contribution is 2.38. The van der Waals surface area contributed by atoms with Crippen LogP contribution in [0.15, 0.2) is 35.2 Å². The molecule has 1 saturated carbocycles. The lowest BCUT2D eigenvalue weighted by Gasteiger charge is -2.35. The Bertz CT molecular complexity index is 1210. The third-order valence-electron chi connectivity index (χ3n) is 5.28. The molecule has 13 heteroatoms. The predicted molar refractivity (Wildman–Crippen MR) is 119 cm³/mol. The molecule has 2 amide bonds. The summed E-state index contributed by atoms with van der Waals surface area (Å²) in [6, 6.07) is 4.77. The van der Waals surface area contributed by atoms with E-state index < -0.39 is 50.6 Å². The molecular formula is C21H21F4N3O4S2. The Morgan fingerprint density at radius 1 is 1.03 bits per heavy atom. The summed E-state index contributed by atoms with van der Waals surface area (Å²) in [7, 11) is -3.75. The number of halogens is 4. The highest BCUT2D eigenvalue weighted by Gasteiger charge is 2.39. The minimum atomic E-state index is -3.75. The molecule has 0 radical (unpaired) electrons. The van der Waals surface area contributed by atoms with Crippen molar-refractivity contribution in [3.63, 3.8) is 0 Å². The van der Waals surface area contributed by atoms with Gasteiger partial charge in [-0.3, -0.25) is 14.3 Å². The largest absolute Gasteiger partial charge is 0.322 e.